The summed E-state index contributed by atoms with van der Waals surface area (Å²) in [6.45, 7) is 5.78. The first-order chi connectivity index (χ1) is 19.1. The van der Waals surface area contributed by atoms with Gasteiger partial charge in [0.15, 0.2) is 0 Å². The minimum Gasteiger partial charge on any atom is -0.494 e. The van der Waals surface area contributed by atoms with Crippen molar-refractivity contribution in [1.29, 1.82) is 0 Å². The molecule has 11 heteroatoms. The molecule has 40 heavy (non-hydrogen) atoms. The summed E-state index contributed by atoms with van der Waals surface area (Å²) in [6, 6.07) is 18.9. The predicted octanol–water partition coefficient (Wildman–Crippen LogP) is 5.64. The van der Waals surface area contributed by atoms with Crippen molar-refractivity contribution < 1.29 is 22.7 Å². The van der Waals surface area contributed by atoms with Gasteiger partial charge in [0, 0.05) is 22.6 Å². The average molecular weight is 651 g/mol. The number of carbonyl (C=O) groups is 2. The lowest BCUT2D eigenvalue weighted by molar-refractivity contribution is -0.140. The Labute approximate surface area is 249 Å². The van der Waals surface area contributed by atoms with Gasteiger partial charge in [0.05, 0.1) is 17.2 Å². The van der Waals surface area contributed by atoms with Crippen LogP contribution in [0.25, 0.3) is 0 Å². The molecule has 3 aromatic rings. The molecular weight excluding hydrogens is 618 g/mol. The molecule has 0 heterocycles. The van der Waals surface area contributed by atoms with E-state index in [9.17, 15) is 18.0 Å². The summed E-state index contributed by atoms with van der Waals surface area (Å²) < 4.78 is 35.1. The third-order valence-electron chi connectivity index (χ3n) is 6.15. The summed E-state index contributed by atoms with van der Waals surface area (Å²) in [7, 11) is -4.17. The fourth-order valence-electron chi connectivity index (χ4n) is 4.16. The van der Waals surface area contributed by atoms with Gasteiger partial charge in [0.25, 0.3) is 10.0 Å². The van der Waals surface area contributed by atoms with Crippen LogP contribution in [0.15, 0.2) is 82.2 Å². The highest BCUT2D eigenvalue weighted by Gasteiger charge is 2.33. The first kappa shape index (κ1) is 31.4. The minimum absolute atomic E-state index is 0.0193. The van der Waals surface area contributed by atoms with E-state index in [1.165, 1.54) is 17.0 Å². The van der Waals surface area contributed by atoms with Crippen LogP contribution in [0.5, 0.6) is 5.75 Å². The number of amides is 2. The highest BCUT2D eigenvalue weighted by molar-refractivity contribution is 9.10. The maximum absolute atomic E-state index is 14.0. The molecule has 214 valence electrons. The molecule has 3 rings (SSSR count). The maximum Gasteiger partial charge on any atom is 0.264 e. The highest BCUT2D eigenvalue weighted by atomic mass is 79.9. The number of anilines is 1. The molecule has 1 unspecified atom stereocenters. The molecule has 2 amide bonds. The summed E-state index contributed by atoms with van der Waals surface area (Å²) in [4.78, 5) is 28.4. The largest absolute Gasteiger partial charge is 0.494 e. The topological polar surface area (TPSA) is 96.0 Å². The van der Waals surface area contributed by atoms with E-state index < -0.39 is 28.5 Å². The quantitative estimate of drug-likeness (QED) is 0.258. The zero-order valence-electron chi connectivity index (χ0n) is 22.6. The standard InChI is InChI=1S/C29H33BrClN3O5S/c1-4-27(29(36)32-5-2)33(19-21-9-7-8-10-26(21)31)28(35)20-34(23-13-15-24(16-14-23)39-6-3)40(37,38)25-17-11-22(30)12-18-25/h7-18,27H,4-6,19-20H2,1-3H3,(H,32,36). The summed E-state index contributed by atoms with van der Waals surface area (Å²) in [5, 5.41) is 3.22. The number of ether oxygens (including phenoxy) is 1. The molecule has 0 aromatic heterocycles. The number of carbonyl (C=O) groups excluding carboxylic acids is 2. The van der Waals surface area contributed by atoms with E-state index in [2.05, 4.69) is 21.2 Å². The number of halogens is 2. The van der Waals surface area contributed by atoms with Crippen molar-refractivity contribution in [3.8, 4) is 5.75 Å². The van der Waals surface area contributed by atoms with Crippen molar-refractivity contribution in [2.24, 2.45) is 0 Å². The number of hydrogen-bond donors (Lipinski definition) is 1. The van der Waals surface area contributed by atoms with Crippen molar-refractivity contribution >= 4 is 55.1 Å². The van der Waals surface area contributed by atoms with Gasteiger partial charge >= 0.3 is 0 Å². The van der Waals surface area contributed by atoms with Crippen LogP contribution < -0.4 is 14.4 Å². The zero-order valence-corrected chi connectivity index (χ0v) is 25.8. The third-order valence-corrected chi connectivity index (χ3v) is 8.84. The Balaban J connectivity index is 2.07. The Bertz CT molecular complexity index is 1400. The molecule has 0 aliphatic rings. The molecule has 3 aromatic carbocycles. The Morgan fingerprint density at radius 1 is 0.975 bits per heavy atom. The maximum atomic E-state index is 14.0. The number of nitrogens with zero attached hydrogens (tertiary/aromatic N) is 2. The summed E-state index contributed by atoms with van der Waals surface area (Å²) in [5.74, 6) is -0.303. The lowest BCUT2D eigenvalue weighted by Crippen LogP contribution is -2.52. The van der Waals surface area contributed by atoms with Crippen LogP contribution in [-0.4, -0.2) is 50.9 Å². The Morgan fingerprint density at radius 2 is 1.62 bits per heavy atom. The zero-order chi connectivity index (χ0) is 29.3. The molecule has 0 aliphatic carbocycles. The first-order valence-corrected chi connectivity index (χ1v) is 15.5. The van der Waals surface area contributed by atoms with E-state index in [1.807, 2.05) is 6.92 Å². The van der Waals surface area contributed by atoms with Crippen molar-refractivity contribution in [2.75, 3.05) is 24.0 Å². The highest BCUT2D eigenvalue weighted by Crippen LogP contribution is 2.28. The molecule has 0 aliphatic heterocycles. The molecule has 0 bridgehead atoms. The molecule has 1 N–H and O–H groups in total. The van der Waals surface area contributed by atoms with E-state index in [4.69, 9.17) is 16.3 Å². The smallest absolute Gasteiger partial charge is 0.264 e. The van der Waals surface area contributed by atoms with Crippen LogP contribution in [0.4, 0.5) is 5.69 Å². The molecule has 8 nitrogen and oxygen atoms in total. The van der Waals surface area contributed by atoms with Gasteiger partial charge in [-0.2, -0.15) is 0 Å². The van der Waals surface area contributed by atoms with Gasteiger partial charge in [-0.1, -0.05) is 52.7 Å². The van der Waals surface area contributed by atoms with Crippen molar-refractivity contribution in [3.63, 3.8) is 0 Å². The fourth-order valence-corrected chi connectivity index (χ4v) is 6.03. The molecule has 0 saturated carbocycles. The van der Waals surface area contributed by atoms with E-state index in [-0.39, 0.29) is 23.0 Å². The van der Waals surface area contributed by atoms with Gasteiger partial charge in [-0.15, -0.1) is 0 Å². The van der Waals surface area contributed by atoms with Gasteiger partial charge in [0.1, 0.15) is 18.3 Å². The van der Waals surface area contributed by atoms with Crippen LogP contribution in [0.2, 0.25) is 5.02 Å². The SMILES string of the molecule is CCNC(=O)C(CC)N(Cc1ccccc1Cl)C(=O)CN(c1ccc(OCC)cc1)S(=O)(=O)c1ccc(Br)cc1. The summed E-state index contributed by atoms with van der Waals surface area (Å²) >= 11 is 9.74. The summed E-state index contributed by atoms with van der Waals surface area (Å²) in [6.07, 6.45) is 0.324. The van der Waals surface area contributed by atoms with Crippen molar-refractivity contribution in [1.82, 2.24) is 10.2 Å². The second kappa shape index (κ2) is 14.5. The van der Waals surface area contributed by atoms with Crippen LogP contribution in [0, 0.1) is 0 Å². The minimum atomic E-state index is -4.17. The molecular formula is C29H33BrClN3O5S. The fraction of sp³-hybridized carbons (Fsp3) is 0.310. The number of benzene rings is 3. The normalized spacial score (nSPS) is 11.9. The van der Waals surface area contributed by atoms with Crippen LogP contribution in [0.3, 0.4) is 0 Å². The molecule has 0 saturated heterocycles. The van der Waals surface area contributed by atoms with Crippen LogP contribution in [0.1, 0.15) is 32.8 Å². The Kier molecular flexibility index (Phi) is 11.4. The predicted molar refractivity (Wildman–Crippen MR) is 161 cm³/mol. The van der Waals surface area contributed by atoms with E-state index >= 15 is 0 Å². The third kappa shape index (κ3) is 7.77. The number of likely N-dealkylation sites (N-methyl/N-ethyl adjacent to an activating group) is 1. The molecule has 0 spiro atoms. The average Bonchev–Trinajstić information content (AvgIpc) is 2.93. The lowest BCUT2D eigenvalue weighted by Gasteiger charge is -2.33. The Morgan fingerprint density at radius 3 is 2.20 bits per heavy atom. The second-order valence-corrected chi connectivity index (χ2v) is 12.0. The number of hydrogen-bond acceptors (Lipinski definition) is 5. The van der Waals surface area contributed by atoms with Gasteiger partial charge in [-0.25, -0.2) is 8.42 Å². The summed E-state index contributed by atoms with van der Waals surface area (Å²) in [5.41, 5.74) is 0.923. The van der Waals surface area contributed by atoms with Gasteiger partial charge < -0.3 is 15.0 Å². The van der Waals surface area contributed by atoms with Crippen LogP contribution in [-0.2, 0) is 26.2 Å². The van der Waals surface area contributed by atoms with E-state index in [0.717, 1.165) is 4.31 Å². The van der Waals surface area contributed by atoms with Crippen LogP contribution >= 0.6 is 27.5 Å². The number of sulfonamides is 1. The van der Waals surface area contributed by atoms with Gasteiger partial charge in [-0.05, 0) is 80.4 Å². The Hall–Kier alpha value is -3.08. The first-order valence-electron chi connectivity index (χ1n) is 12.9. The van der Waals surface area contributed by atoms with Crippen molar-refractivity contribution in [2.45, 2.75) is 44.7 Å². The second-order valence-electron chi connectivity index (χ2n) is 8.82. The van der Waals surface area contributed by atoms with E-state index in [1.54, 1.807) is 74.5 Å². The molecule has 0 radical (unpaired) electrons. The van der Waals surface area contributed by atoms with Crippen molar-refractivity contribution in [3.05, 3.63) is 87.9 Å². The van der Waals surface area contributed by atoms with E-state index in [0.29, 0.717) is 40.4 Å². The monoisotopic (exact) mass is 649 g/mol. The number of nitrogens with one attached hydrogen (secondary N) is 1. The lowest BCUT2D eigenvalue weighted by atomic mass is 10.1. The molecule has 0 fully saturated rings. The van der Waals surface area contributed by atoms with Gasteiger partial charge in [0.2, 0.25) is 11.8 Å². The van der Waals surface area contributed by atoms with Gasteiger partial charge in [-0.3, -0.25) is 13.9 Å². The number of rotatable bonds is 13. The molecule has 1 atom stereocenters.